The Bertz CT molecular complexity index is 439. The zero-order valence-corrected chi connectivity index (χ0v) is 9.95. The van der Waals surface area contributed by atoms with Crippen molar-refractivity contribution in [3.63, 3.8) is 0 Å². The first-order chi connectivity index (χ1) is 7.74. The molecule has 1 N–H and O–H groups in total. The van der Waals surface area contributed by atoms with E-state index >= 15 is 0 Å². The van der Waals surface area contributed by atoms with Gasteiger partial charge in [-0.1, -0.05) is 18.2 Å². The van der Waals surface area contributed by atoms with E-state index in [0.29, 0.717) is 0 Å². The monoisotopic (exact) mass is 215 g/mol. The molecule has 0 saturated carbocycles. The molecule has 0 spiro atoms. The Morgan fingerprint density at radius 1 is 1.06 bits per heavy atom. The molecular formula is C14H17NO. The van der Waals surface area contributed by atoms with E-state index in [-0.39, 0.29) is 6.04 Å². The predicted molar refractivity (Wildman–Crippen MR) is 65.5 cm³/mol. The molecule has 0 aliphatic carbocycles. The van der Waals surface area contributed by atoms with E-state index in [1.807, 2.05) is 19.2 Å². The van der Waals surface area contributed by atoms with Gasteiger partial charge >= 0.3 is 0 Å². The van der Waals surface area contributed by atoms with E-state index in [2.05, 4.69) is 37.4 Å². The minimum Gasteiger partial charge on any atom is -0.467 e. The van der Waals surface area contributed by atoms with Crippen molar-refractivity contribution in [2.24, 2.45) is 0 Å². The van der Waals surface area contributed by atoms with Gasteiger partial charge in [0.2, 0.25) is 0 Å². The average molecular weight is 215 g/mol. The maximum Gasteiger partial charge on any atom is 0.125 e. The normalized spacial score (nSPS) is 12.7. The number of hydrogen-bond acceptors (Lipinski definition) is 2. The van der Waals surface area contributed by atoms with Gasteiger partial charge in [0.25, 0.3) is 0 Å². The van der Waals surface area contributed by atoms with Gasteiger partial charge in [-0.2, -0.15) is 0 Å². The van der Waals surface area contributed by atoms with Crippen molar-refractivity contribution in [3.05, 3.63) is 59.0 Å². The summed E-state index contributed by atoms with van der Waals surface area (Å²) in [6.45, 7) is 4.27. The maximum absolute atomic E-state index is 5.49. The molecule has 1 heterocycles. The number of hydrogen-bond donors (Lipinski definition) is 1. The van der Waals surface area contributed by atoms with Gasteiger partial charge in [0.15, 0.2) is 0 Å². The molecule has 84 valence electrons. The van der Waals surface area contributed by atoms with Crippen LogP contribution >= 0.6 is 0 Å². The van der Waals surface area contributed by atoms with Gasteiger partial charge in [-0.15, -0.1) is 0 Å². The smallest absolute Gasteiger partial charge is 0.125 e. The number of furan rings is 1. The molecule has 0 aliphatic rings. The van der Waals surface area contributed by atoms with Crippen LogP contribution in [-0.4, -0.2) is 7.05 Å². The summed E-state index contributed by atoms with van der Waals surface area (Å²) < 4.78 is 5.49. The first-order valence-corrected chi connectivity index (χ1v) is 5.51. The van der Waals surface area contributed by atoms with Gasteiger partial charge in [0, 0.05) is 0 Å². The molecule has 0 bridgehead atoms. The number of rotatable bonds is 3. The lowest BCUT2D eigenvalue weighted by Gasteiger charge is -2.19. The zero-order valence-electron chi connectivity index (χ0n) is 9.95. The van der Waals surface area contributed by atoms with E-state index in [9.17, 15) is 0 Å². The molecule has 2 nitrogen and oxygen atoms in total. The molecule has 0 radical (unpaired) electrons. The molecule has 0 amide bonds. The Balaban J connectivity index is 2.49. The van der Waals surface area contributed by atoms with Crippen molar-refractivity contribution >= 4 is 0 Å². The van der Waals surface area contributed by atoms with Gasteiger partial charge in [0.05, 0.1) is 12.3 Å². The fourth-order valence-electron chi connectivity index (χ4n) is 2.17. The van der Waals surface area contributed by atoms with Crippen LogP contribution in [0.3, 0.4) is 0 Å². The van der Waals surface area contributed by atoms with Crippen molar-refractivity contribution in [1.29, 1.82) is 0 Å². The average Bonchev–Trinajstić information content (AvgIpc) is 2.77. The molecule has 1 unspecified atom stereocenters. The van der Waals surface area contributed by atoms with Crippen molar-refractivity contribution in [3.8, 4) is 0 Å². The highest BCUT2D eigenvalue weighted by molar-refractivity contribution is 5.39. The first kappa shape index (κ1) is 11.0. The molecule has 2 heteroatoms. The Morgan fingerprint density at radius 3 is 2.25 bits per heavy atom. The number of benzene rings is 1. The summed E-state index contributed by atoms with van der Waals surface area (Å²) >= 11 is 0. The van der Waals surface area contributed by atoms with Crippen molar-refractivity contribution in [2.75, 3.05) is 7.05 Å². The van der Waals surface area contributed by atoms with Gasteiger partial charge in [0.1, 0.15) is 5.76 Å². The van der Waals surface area contributed by atoms with Crippen LogP contribution in [-0.2, 0) is 0 Å². The fourth-order valence-corrected chi connectivity index (χ4v) is 2.17. The van der Waals surface area contributed by atoms with Crippen LogP contribution in [0.4, 0.5) is 0 Å². The predicted octanol–water partition coefficient (Wildman–Crippen LogP) is 3.21. The van der Waals surface area contributed by atoms with Crippen molar-refractivity contribution < 1.29 is 4.42 Å². The molecule has 1 aromatic carbocycles. The van der Waals surface area contributed by atoms with Crippen LogP contribution in [0.2, 0.25) is 0 Å². The van der Waals surface area contributed by atoms with E-state index in [0.717, 1.165) is 5.76 Å². The summed E-state index contributed by atoms with van der Waals surface area (Å²) in [5, 5.41) is 3.31. The van der Waals surface area contributed by atoms with Crippen molar-refractivity contribution in [2.45, 2.75) is 19.9 Å². The second kappa shape index (κ2) is 4.54. The van der Waals surface area contributed by atoms with E-state index in [1.54, 1.807) is 6.26 Å². The lowest BCUT2D eigenvalue weighted by Crippen LogP contribution is -2.19. The Labute approximate surface area is 96.3 Å². The highest BCUT2D eigenvalue weighted by atomic mass is 16.3. The highest BCUT2D eigenvalue weighted by Crippen LogP contribution is 2.27. The van der Waals surface area contributed by atoms with Crippen LogP contribution < -0.4 is 5.32 Å². The SMILES string of the molecule is CNC(c1ccco1)c1c(C)cccc1C. The third-order valence-corrected chi connectivity index (χ3v) is 2.95. The number of nitrogens with one attached hydrogen (secondary N) is 1. The Morgan fingerprint density at radius 2 is 1.75 bits per heavy atom. The van der Waals surface area contributed by atoms with Crippen LogP contribution in [0.5, 0.6) is 0 Å². The zero-order chi connectivity index (χ0) is 11.5. The molecule has 0 aliphatic heterocycles. The van der Waals surface area contributed by atoms with Gasteiger partial charge < -0.3 is 9.73 Å². The third kappa shape index (κ3) is 1.89. The third-order valence-electron chi connectivity index (χ3n) is 2.95. The quantitative estimate of drug-likeness (QED) is 0.850. The fraction of sp³-hybridized carbons (Fsp3) is 0.286. The molecule has 0 saturated heterocycles. The minimum atomic E-state index is 0.135. The standard InChI is InChI=1S/C14H17NO/c1-10-6-4-7-11(2)13(10)14(15-3)12-8-5-9-16-12/h4-9,14-15H,1-3H3. The molecule has 1 aromatic heterocycles. The van der Waals surface area contributed by atoms with Crippen molar-refractivity contribution in [1.82, 2.24) is 5.32 Å². The maximum atomic E-state index is 5.49. The van der Waals surface area contributed by atoms with Crippen LogP contribution in [0.1, 0.15) is 28.5 Å². The summed E-state index contributed by atoms with van der Waals surface area (Å²) in [6.07, 6.45) is 1.72. The van der Waals surface area contributed by atoms with Crippen LogP contribution in [0, 0.1) is 13.8 Å². The lowest BCUT2D eigenvalue weighted by atomic mass is 9.95. The van der Waals surface area contributed by atoms with Crippen LogP contribution in [0.25, 0.3) is 0 Å². The van der Waals surface area contributed by atoms with E-state index in [4.69, 9.17) is 4.42 Å². The molecule has 1 atom stereocenters. The summed E-state index contributed by atoms with van der Waals surface area (Å²) in [7, 11) is 1.96. The lowest BCUT2D eigenvalue weighted by molar-refractivity contribution is 0.461. The second-order valence-electron chi connectivity index (χ2n) is 4.04. The summed E-state index contributed by atoms with van der Waals surface area (Å²) in [4.78, 5) is 0. The topological polar surface area (TPSA) is 25.2 Å². The van der Waals surface area contributed by atoms with E-state index in [1.165, 1.54) is 16.7 Å². The second-order valence-corrected chi connectivity index (χ2v) is 4.04. The molecule has 2 rings (SSSR count). The van der Waals surface area contributed by atoms with Gasteiger partial charge in [-0.25, -0.2) is 0 Å². The Kier molecular flexibility index (Phi) is 3.11. The molecule has 16 heavy (non-hydrogen) atoms. The van der Waals surface area contributed by atoms with Crippen LogP contribution in [0.15, 0.2) is 41.0 Å². The van der Waals surface area contributed by atoms with Gasteiger partial charge in [-0.05, 0) is 49.7 Å². The molecular weight excluding hydrogens is 198 g/mol. The molecule has 0 fully saturated rings. The number of aryl methyl sites for hydroxylation is 2. The highest BCUT2D eigenvalue weighted by Gasteiger charge is 2.18. The Hall–Kier alpha value is -1.54. The first-order valence-electron chi connectivity index (χ1n) is 5.51. The molecule has 2 aromatic rings. The summed E-state index contributed by atoms with van der Waals surface area (Å²) in [5.41, 5.74) is 3.88. The minimum absolute atomic E-state index is 0.135. The van der Waals surface area contributed by atoms with E-state index < -0.39 is 0 Å². The largest absolute Gasteiger partial charge is 0.467 e. The summed E-state index contributed by atoms with van der Waals surface area (Å²) in [5.74, 6) is 0.958. The van der Waals surface area contributed by atoms with Gasteiger partial charge in [-0.3, -0.25) is 0 Å². The summed E-state index contributed by atoms with van der Waals surface area (Å²) in [6, 6.07) is 10.4.